The molecule has 0 saturated heterocycles. The van der Waals surface area contributed by atoms with E-state index in [2.05, 4.69) is 0 Å². The Bertz CT molecular complexity index is 638. The minimum Gasteiger partial charge on any atom is -0.456 e. The second-order valence-corrected chi connectivity index (χ2v) is 4.84. The summed E-state index contributed by atoms with van der Waals surface area (Å²) in [6, 6.07) is 11.0. The van der Waals surface area contributed by atoms with Crippen LogP contribution in [-0.2, 0) is 0 Å². The maximum atomic E-state index is 7.36. The summed E-state index contributed by atoms with van der Waals surface area (Å²) >= 11 is 6.13. The fraction of sp³-hybridized carbons (Fsp3) is 0.133. The number of hydrogen-bond acceptors (Lipinski definition) is 2. The van der Waals surface area contributed by atoms with E-state index in [4.69, 9.17) is 27.5 Å². The second-order valence-electron chi connectivity index (χ2n) is 4.43. The smallest absolute Gasteiger partial charge is 0.146 e. The molecule has 0 fully saturated rings. The van der Waals surface area contributed by atoms with Gasteiger partial charge in [-0.25, -0.2) is 0 Å². The molecule has 0 unspecified atom stereocenters. The van der Waals surface area contributed by atoms with Gasteiger partial charge >= 0.3 is 0 Å². The Kier molecular flexibility index (Phi) is 3.76. The Morgan fingerprint density at radius 1 is 1.11 bits per heavy atom. The van der Waals surface area contributed by atoms with E-state index in [-0.39, 0.29) is 5.84 Å². The number of aryl methyl sites for hydroxylation is 2. The first-order valence-electron chi connectivity index (χ1n) is 5.86. The molecule has 0 saturated carbocycles. The van der Waals surface area contributed by atoms with Crippen LogP contribution in [0.4, 0.5) is 0 Å². The highest BCUT2D eigenvalue weighted by Gasteiger charge is 2.07. The quantitative estimate of drug-likeness (QED) is 0.656. The zero-order valence-corrected chi connectivity index (χ0v) is 11.6. The summed E-state index contributed by atoms with van der Waals surface area (Å²) in [6.45, 7) is 4.02. The molecular formula is C15H15ClN2O. The van der Waals surface area contributed by atoms with Gasteiger partial charge in [0.25, 0.3) is 0 Å². The molecule has 98 valence electrons. The van der Waals surface area contributed by atoms with E-state index in [9.17, 15) is 0 Å². The van der Waals surface area contributed by atoms with Crippen LogP contribution in [0.25, 0.3) is 0 Å². The number of rotatable bonds is 3. The lowest BCUT2D eigenvalue weighted by molar-refractivity contribution is 0.479. The number of halogens is 1. The molecule has 0 amide bonds. The van der Waals surface area contributed by atoms with Crippen LogP contribution in [0.5, 0.6) is 11.5 Å². The summed E-state index contributed by atoms with van der Waals surface area (Å²) in [6.07, 6.45) is 0. The van der Waals surface area contributed by atoms with Crippen LogP contribution in [0, 0.1) is 19.3 Å². The zero-order valence-electron chi connectivity index (χ0n) is 10.8. The third-order valence-corrected chi connectivity index (χ3v) is 3.09. The van der Waals surface area contributed by atoms with Gasteiger partial charge in [0.05, 0.1) is 5.02 Å². The van der Waals surface area contributed by atoms with Gasteiger partial charge in [-0.15, -0.1) is 0 Å². The van der Waals surface area contributed by atoms with E-state index in [1.54, 1.807) is 18.2 Å². The van der Waals surface area contributed by atoms with E-state index in [0.29, 0.717) is 16.3 Å². The average molecular weight is 275 g/mol. The molecule has 2 aromatic rings. The zero-order chi connectivity index (χ0) is 14.0. The van der Waals surface area contributed by atoms with Crippen molar-refractivity contribution in [2.75, 3.05) is 0 Å². The molecule has 0 aromatic heterocycles. The summed E-state index contributed by atoms with van der Waals surface area (Å²) in [5, 5.41) is 7.80. The number of hydrogen-bond donors (Lipinski definition) is 2. The van der Waals surface area contributed by atoms with E-state index < -0.39 is 0 Å². The maximum absolute atomic E-state index is 7.36. The molecule has 3 nitrogen and oxygen atoms in total. The molecule has 0 bridgehead atoms. The first-order valence-corrected chi connectivity index (χ1v) is 6.24. The van der Waals surface area contributed by atoms with E-state index in [0.717, 1.165) is 11.3 Å². The molecule has 0 spiro atoms. The maximum Gasteiger partial charge on any atom is 0.146 e. The standard InChI is InChI=1S/C15H15ClN2O/c1-9-3-5-13(10(2)7-9)19-14-6-4-11(15(17)18)8-12(14)16/h3-8H,1-2H3,(H3,17,18). The van der Waals surface area contributed by atoms with Crippen molar-refractivity contribution in [1.29, 1.82) is 5.41 Å². The first-order chi connectivity index (χ1) is 8.97. The van der Waals surface area contributed by atoms with Gasteiger partial charge in [0, 0.05) is 5.56 Å². The molecule has 4 heteroatoms. The predicted octanol–water partition coefficient (Wildman–Crippen LogP) is 4.03. The number of nitrogen functional groups attached to an aromatic ring is 1. The van der Waals surface area contributed by atoms with Crippen molar-refractivity contribution < 1.29 is 4.74 Å². The molecule has 0 aliphatic heterocycles. The number of nitrogens with one attached hydrogen (secondary N) is 1. The molecule has 0 radical (unpaired) electrons. The number of amidine groups is 1. The monoisotopic (exact) mass is 274 g/mol. The summed E-state index contributed by atoms with van der Waals surface area (Å²) < 4.78 is 5.79. The molecule has 0 aliphatic rings. The van der Waals surface area contributed by atoms with Crippen LogP contribution in [0.3, 0.4) is 0 Å². The van der Waals surface area contributed by atoms with Crippen molar-refractivity contribution >= 4 is 17.4 Å². The Morgan fingerprint density at radius 2 is 1.79 bits per heavy atom. The highest BCUT2D eigenvalue weighted by molar-refractivity contribution is 6.32. The number of benzene rings is 2. The molecular weight excluding hydrogens is 260 g/mol. The highest BCUT2D eigenvalue weighted by Crippen LogP contribution is 2.31. The molecule has 2 aromatic carbocycles. The molecule has 2 rings (SSSR count). The lowest BCUT2D eigenvalue weighted by atomic mass is 10.1. The van der Waals surface area contributed by atoms with E-state index >= 15 is 0 Å². The Labute approximate surface area is 117 Å². The van der Waals surface area contributed by atoms with E-state index in [1.165, 1.54) is 5.56 Å². The van der Waals surface area contributed by atoms with Crippen molar-refractivity contribution in [1.82, 2.24) is 0 Å². The number of ether oxygens (including phenoxy) is 1. The average Bonchev–Trinajstić information content (AvgIpc) is 2.34. The predicted molar refractivity (Wildman–Crippen MR) is 78.5 cm³/mol. The van der Waals surface area contributed by atoms with E-state index in [1.807, 2.05) is 32.0 Å². The van der Waals surface area contributed by atoms with Crippen molar-refractivity contribution in [3.63, 3.8) is 0 Å². The highest BCUT2D eigenvalue weighted by atomic mass is 35.5. The summed E-state index contributed by atoms with van der Waals surface area (Å²) in [5.41, 5.74) is 8.22. The summed E-state index contributed by atoms with van der Waals surface area (Å²) in [5.74, 6) is 1.31. The normalized spacial score (nSPS) is 10.3. The molecule has 0 atom stereocenters. The third kappa shape index (κ3) is 3.06. The van der Waals surface area contributed by atoms with Crippen molar-refractivity contribution in [2.45, 2.75) is 13.8 Å². The third-order valence-electron chi connectivity index (χ3n) is 2.79. The van der Waals surface area contributed by atoms with Crippen LogP contribution >= 0.6 is 11.6 Å². The van der Waals surface area contributed by atoms with Crippen LogP contribution in [0.2, 0.25) is 5.02 Å². The minimum atomic E-state index is -0.0139. The van der Waals surface area contributed by atoms with Gasteiger partial charge in [-0.3, -0.25) is 5.41 Å². The number of nitrogens with two attached hydrogens (primary N) is 1. The van der Waals surface area contributed by atoms with Gasteiger partial charge < -0.3 is 10.5 Å². The van der Waals surface area contributed by atoms with Crippen LogP contribution < -0.4 is 10.5 Å². The molecule has 3 N–H and O–H groups in total. The van der Waals surface area contributed by atoms with Crippen LogP contribution in [0.15, 0.2) is 36.4 Å². The van der Waals surface area contributed by atoms with Gasteiger partial charge in [-0.2, -0.15) is 0 Å². The summed E-state index contributed by atoms with van der Waals surface area (Å²) in [7, 11) is 0. The van der Waals surface area contributed by atoms with Gasteiger partial charge in [-0.05, 0) is 43.7 Å². The minimum absolute atomic E-state index is 0.0139. The Hall–Kier alpha value is -2.00. The van der Waals surface area contributed by atoms with Gasteiger partial charge in [0.2, 0.25) is 0 Å². The Morgan fingerprint density at radius 3 is 2.37 bits per heavy atom. The van der Waals surface area contributed by atoms with Crippen molar-refractivity contribution in [2.24, 2.45) is 5.73 Å². The first kappa shape index (κ1) is 13.4. The topological polar surface area (TPSA) is 59.1 Å². The van der Waals surface area contributed by atoms with Crippen LogP contribution in [0.1, 0.15) is 16.7 Å². The van der Waals surface area contributed by atoms with Crippen LogP contribution in [-0.4, -0.2) is 5.84 Å². The molecule has 0 aliphatic carbocycles. The SMILES string of the molecule is Cc1ccc(Oc2ccc(C(=N)N)cc2Cl)c(C)c1. The largest absolute Gasteiger partial charge is 0.456 e. The van der Waals surface area contributed by atoms with Crippen molar-refractivity contribution in [3.8, 4) is 11.5 Å². The lowest BCUT2D eigenvalue weighted by Crippen LogP contribution is -2.10. The van der Waals surface area contributed by atoms with Crippen molar-refractivity contribution in [3.05, 3.63) is 58.1 Å². The second kappa shape index (κ2) is 5.33. The fourth-order valence-electron chi connectivity index (χ4n) is 1.78. The fourth-order valence-corrected chi connectivity index (χ4v) is 2.00. The van der Waals surface area contributed by atoms with Gasteiger partial charge in [0.15, 0.2) is 0 Å². The Balaban J connectivity index is 2.31. The lowest BCUT2D eigenvalue weighted by Gasteiger charge is -2.11. The van der Waals surface area contributed by atoms with Gasteiger partial charge in [0.1, 0.15) is 17.3 Å². The van der Waals surface area contributed by atoms with Gasteiger partial charge in [-0.1, -0.05) is 29.3 Å². The summed E-state index contributed by atoms with van der Waals surface area (Å²) in [4.78, 5) is 0. The molecule has 19 heavy (non-hydrogen) atoms. The molecule has 0 heterocycles.